The summed E-state index contributed by atoms with van der Waals surface area (Å²) in [6, 6.07) is 5.02. The number of hydrogen-bond donors (Lipinski definition) is 1. The molecule has 0 aliphatic heterocycles. The number of hydrogen-bond acceptors (Lipinski definition) is 5. The van der Waals surface area contributed by atoms with Crippen molar-refractivity contribution >= 4 is 34.2 Å². The average molecular weight is 281 g/mol. The largest absolute Gasteiger partial charge is 0.495 e. The predicted molar refractivity (Wildman–Crippen MR) is 72.1 cm³/mol. The highest BCUT2D eigenvalue weighted by atomic mass is 35.5. The minimum absolute atomic E-state index is 0.312. The number of methoxy groups -OCH3 is 1. The summed E-state index contributed by atoms with van der Waals surface area (Å²) in [5, 5.41) is 20.7. The first kappa shape index (κ1) is 14.2. The Kier molecular flexibility index (Phi) is 5.31. The van der Waals surface area contributed by atoms with Gasteiger partial charge in [0.25, 0.3) is 0 Å². The van der Waals surface area contributed by atoms with Crippen LogP contribution in [0.1, 0.15) is 5.56 Å². The molecule has 1 aromatic rings. The zero-order valence-electron chi connectivity index (χ0n) is 9.69. The lowest BCUT2D eigenvalue weighted by atomic mass is 10.2. The van der Waals surface area contributed by atoms with E-state index in [1.54, 1.807) is 18.5 Å². The monoisotopic (exact) mass is 280 g/mol. The summed E-state index contributed by atoms with van der Waals surface area (Å²) in [5.74, 6) is 0.423. The number of aliphatic imine (C=N–C) groups is 1. The quantitative estimate of drug-likeness (QED) is 0.390. The molecular formula is C11H9ClN4OS. The molecule has 92 valence electrons. The number of amidine groups is 1. The van der Waals surface area contributed by atoms with Crippen LogP contribution >= 0.6 is 23.4 Å². The number of nitriles is 2. The molecule has 0 radical (unpaired) electrons. The minimum atomic E-state index is 0.312. The Bertz CT molecular complexity index is 559. The summed E-state index contributed by atoms with van der Waals surface area (Å²) in [6.07, 6.45) is 3.54. The van der Waals surface area contributed by atoms with Crippen LogP contribution in [0.15, 0.2) is 17.1 Å². The lowest BCUT2D eigenvalue weighted by Gasteiger charge is -2.06. The highest BCUT2D eigenvalue weighted by molar-refractivity contribution is 8.13. The summed E-state index contributed by atoms with van der Waals surface area (Å²) < 4.78 is 5.06. The van der Waals surface area contributed by atoms with E-state index in [9.17, 15) is 0 Å². The molecule has 1 rings (SSSR count). The van der Waals surface area contributed by atoms with Crippen molar-refractivity contribution in [3.8, 4) is 18.0 Å². The van der Waals surface area contributed by atoms with Gasteiger partial charge in [-0.2, -0.15) is 10.5 Å². The van der Waals surface area contributed by atoms with E-state index in [0.29, 0.717) is 27.2 Å². The van der Waals surface area contributed by atoms with Gasteiger partial charge in [0.1, 0.15) is 11.8 Å². The number of rotatable bonds is 2. The van der Waals surface area contributed by atoms with Crippen LogP contribution in [-0.2, 0) is 0 Å². The Balaban J connectivity index is 3.31. The number of halogens is 1. The summed E-state index contributed by atoms with van der Waals surface area (Å²) >= 11 is 7.17. The first-order chi connectivity index (χ1) is 8.65. The van der Waals surface area contributed by atoms with Gasteiger partial charge in [0.2, 0.25) is 0 Å². The summed E-state index contributed by atoms with van der Waals surface area (Å²) in [7, 11) is 1.48. The SMILES string of the molecule is COc1cc(N=C(NC#N)SC)c(C#N)cc1Cl. The molecule has 1 aromatic carbocycles. The fourth-order valence-corrected chi connectivity index (χ4v) is 1.74. The van der Waals surface area contributed by atoms with E-state index < -0.39 is 0 Å². The van der Waals surface area contributed by atoms with Crippen LogP contribution in [0.25, 0.3) is 0 Å². The molecule has 0 bridgehead atoms. The van der Waals surface area contributed by atoms with Crippen molar-refractivity contribution in [3.63, 3.8) is 0 Å². The van der Waals surface area contributed by atoms with Gasteiger partial charge >= 0.3 is 0 Å². The Morgan fingerprint density at radius 2 is 2.22 bits per heavy atom. The van der Waals surface area contributed by atoms with Gasteiger partial charge in [-0.15, -0.1) is 0 Å². The van der Waals surface area contributed by atoms with Gasteiger partial charge in [0, 0.05) is 6.07 Å². The van der Waals surface area contributed by atoms with Crippen LogP contribution in [-0.4, -0.2) is 18.5 Å². The van der Waals surface area contributed by atoms with Gasteiger partial charge in [-0.25, -0.2) is 4.99 Å². The maximum absolute atomic E-state index is 9.01. The number of ether oxygens (including phenoxy) is 1. The summed E-state index contributed by atoms with van der Waals surface area (Å²) in [5.41, 5.74) is 0.706. The van der Waals surface area contributed by atoms with Crippen molar-refractivity contribution in [2.75, 3.05) is 13.4 Å². The molecule has 7 heteroatoms. The lowest BCUT2D eigenvalue weighted by Crippen LogP contribution is -2.12. The van der Waals surface area contributed by atoms with Gasteiger partial charge < -0.3 is 4.74 Å². The third-order valence-corrected chi connectivity index (χ3v) is 2.84. The topological polar surface area (TPSA) is 81.2 Å². The molecule has 0 atom stereocenters. The maximum Gasteiger partial charge on any atom is 0.183 e. The third-order valence-electron chi connectivity index (χ3n) is 1.97. The van der Waals surface area contributed by atoms with Crippen LogP contribution in [0.5, 0.6) is 5.75 Å². The molecule has 1 N–H and O–H groups in total. The molecule has 0 aromatic heterocycles. The van der Waals surface area contributed by atoms with E-state index >= 15 is 0 Å². The van der Waals surface area contributed by atoms with E-state index in [4.69, 9.17) is 26.9 Å². The summed E-state index contributed by atoms with van der Waals surface area (Å²) in [4.78, 5) is 4.17. The fraction of sp³-hybridized carbons (Fsp3) is 0.182. The fourth-order valence-electron chi connectivity index (χ4n) is 1.16. The van der Waals surface area contributed by atoms with Crippen molar-refractivity contribution in [1.82, 2.24) is 5.32 Å². The van der Waals surface area contributed by atoms with Crippen LogP contribution in [0.3, 0.4) is 0 Å². The van der Waals surface area contributed by atoms with Gasteiger partial charge in [-0.3, -0.25) is 5.32 Å². The van der Waals surface area contributed by atoms with Crippen molar-refractivity contribution in [3.05, 3.63) is 22.7 Å². The smallest absolute Gasteiger partial charge is 0.183 e. The number of thioether (sulfide) groups is 1. The molecule has 0 saturated carbocycles. The molecule has 5 nitrogen and oxygen atoms in total. The molecule has 0 aliphatic rings. The highest BCUT2D eigenvalue weighted by Gasteiger charge is 2.09. The molecular weight excluding hydrogens is 272 g/mol. The first-order valence-electron chi connectivity index (χ1n) is 4.71. The van der Waals surface area contributed by atoms with Gasteiger partial charge in [0.05, 0.1) is 23.4 Å². The first-order valence-corrected chi connectivity index (χ1v) is 6.32. The van der Waals surface area contributed by atoms with Gasteiger partial charge in [-0.1, -0.05) is 23.4 Å². The number of nitrogens with one attached hydrogen (secondary N) is 1. The van der Waals surface area contributed by atoms with Crippen molar-refractivity contribution < 1.29 is 4.74 Å². The van der Waals surface area contributed by atoms with Crippen LogP contribution in [0.2, 0.25) is 5.02 Å². The molecule has 0 saturated heterocycles. The second-order valence-electron chi connectivity index (χ2n) is 2.97. The third kappa shape index (κ3) is 3.30. The molecule has 18 heavy (non-hydrogen) atoms. The molecule has 0 fully saturated rings. The van der Waals surface area contributed by atoms with Gasteiger partial charge in [0.15, 0.2) is 11.4 Å². The van der Waals surface area contributed by atoms with Crippen LogP contribution in [0, 0.1) is 22.8 Å². The Labute approximate surface area is 114 Å². The molecule has 0 amide bonds. The van der Waals surface area contributed by atoms with Crippen LogP contribution in [0.4, 0.5) is 5.69 Å². The Hall–Kier alpha value is -1.89. The zero-order valence-corrected chi connectivity index (χ0v) is 11.3. The normalized spacial score (nSPS) is 10.4. The molecule has 0 unspecified atom stereocenters. The van der Waals surface area contributed by atoms with E-state index in [0.717, 1.165) is 0 Å². The van der Waals surface area contributed by atoms with E-state index in [1.807, 2.05) is 6.07 Å². The molecule has 0 heterocycles. The molecule has 0 aliphatic carbocycles. The highest BCUT2D eigenvalue weighted by Crippen LogP contribution is 2.32. The van der Waals surface area contributed by atoms with Crippen molar-refractivity contribution in [2.24, 2.45) is 4.99 Å². The van der Waals surface area contributed by atoms with E-state index in [2.05, 4.69) is 10.3 Å². The standard InChI is InChI=1S/C11H9ClN4OS/c1-17-10-4-9(7(5-13)3-8(10)12)16-11(18-2)15-6-14/h3-4H,1-2H3,(H,15,16). The average Bonchev–Trinajstić information content (AvgIpc) is 2.39. The van der Waals surface area contributed by atoms with E-state index in [1.165, 1.54) is 24.9 Å². The number of nitrogens with zero attached hydrogens (tertiary/aromatic N) is 3. The predicted octanol–water partition coefficient (Wildman–Crippen LogP) is 2.64. The minimum Gasteiger partial charge on any atom is -0.495 e. The van der Waals surface area contributed by atoms with E-state index in [-0.39, 0.29) is 0 Å². The summed E-state index contributed by atoms with van der Waals surface area (Å²) in [6.45, 7) is 0. The van der Waals surface area contributed by atoms with Gasteiger partial charge in [-0.05, 0) is 12.3 Å². The molecule has 0 spiro atoms. The second-order valence-corrected chi connectivity index (χ2v) is 4.18. The lowest BCUT2D eigenvalue weighted by molar-refractivity contribution is 0.415. The number of benzene rings is 1. The maximum atomic E-state index is 9.01. The van der Waals surface area contributed by atoms with Crippen LogP contribution < -0.4 is 10.1 Å². The second kappa shape index (κ2) is 6.75. The Morgan fingerprint density at radius 3 is 2.72 bits per heavy atom. The van der Waals surface area contributed by atoms with Crippen molar-refractivity contribution in [1.29, 1.82) is 10.5 Å². The zero-order chi connectivity index (χ0) is 13.5. The van der Waals surface area contributed by atoms with Crippen molar-refractivity contribution in [2.45, 2.75) is 0 Å². The Morgan fingerprint density at radius 1 is 1.50 bits per heavy atom.